The third-order valence-electron chi connectivity index (χ3n) is 4.40. The quantitative estimate of drug-likeness (QED) is 0.919. The number of nitrogens with one attached hydrogen (secondary N) is 1. The molecule has 0 spiro atoms. The number of halogens is 1. The van der Waals surface area contributed by atoms with E-state index in [-0.39, 0.29) is 0 Å². The molecule has 19 heavy (non-hydrogen) atoms. The van der Waals surface area contributed by atoms with Crippen molar-refractivity contribution >= 4 is 15.9 Å². The molecule has 106 valence electrons. The van der Waals surface area contributed by atoms with Crippen LogP contribution in [-0.4, -0.2) is 46.7 Å². The Hall–Kier alpha value is -0.390. The Labute approximate surface area is 123 Å². The van der Waals surface area contributed by atoms with Crippen molar-refractivity contribution in [3.63, 3.8) is 0 Å². The number of imidazole rings is 1. The van der Waals surface area contributed by atoms with Crippen LogP contribution in [0.1, 0.15) is 31.3 Å². The Bertz CT molecular complexity index is 437. The third-order valence-corrected chi connectivity index (χ3v) is 5.04. The summed E-state index contributed by atoms with van der Waals surface area (Å²) in [6.45, 7) is 8.05. The Morgan fingerprint density at radius 2 is 2.05 bits per heavy atom. The van der Waals surface area contributed by atoms with Crippen LogP contribution in [0.15, 0.2) is 4.60 Å². The van der Waals surface area contributed by atoms with Crippen molar-refractivity contribution < 1.29 is 0 Å². The van der Waals surface area contributed by atoms with E-state index >= 15 is 0 Å². The molecular weight excluding hydrogens is 304 g/mol. The topological polar surface area (TPSA) is 33.1 Å². The highest BCUT2D eigenvalue weighted by Crippen LogP contribution is 2.25. The summed E-state index contributed by atoms with van der Waals surface area (Å²) >= 11 is 3.63. The number of rotatable bonds is 3. The van der Waals surface area contributed by atoms with Crippen LogP contribution < -0.4 is 5.32 Å². The monoisotopic (exact) mass is 326 g/mol. The lowest BCUT2D eigenvalue weighted by atomic mass is 10.1. The maximum Gasteiger partial charge on any atom is 0.127 e. The minimum absolute atomic E-state index is 0.586. The van der Waals surface area contributed by atoms with E-state index in [9.17, 15) is 0 Å². The number of hydrogen-bond donors (Lipinski definition) is 1. The van der Waals surface area contributed by atoms with E-state index < -0.39 is 0 Å². The van der Waals surface area contributed by atoms with Gasteiger partial charge in [-0.05, 0) is 42.1 Å². The lowest BCUT2D eigenvalue weighted by Crippen LogP contribution is -2.48. The second-order valence-corrected chi connectivity index (χ2v) is 6.46. The minimum Gasteiger partial charge on any atom is -0.331 e. The molecule has 0 radical (unpaired) electrons. The van der Waals surface area contributed by atoms with Gasteiger partial charge in [0.25, 0.3) is 0 Å². The van der Waals surface area contributed by atoms with Gasteiger partial charge in [-0.15, -0.1) is 0 Å². The van der Waals surface area contributed by atoms with Gasteiger partial charge in [0.2, 0.25) is 0 Å². The number of aromatic nitrogens is 2. The summed E-state index contributed by atoms with van der Waals surface area (Å²) < 4.78 is 3.53. The van der Waals surface area contributed by atoms with Crippen LogP contribution in [0.2, 0.25) is 0 Å². The highest BCUT2D eigenvalue weighted by Gasteiger charge is 2.22. The lowest BCUT2D eigenvalue weighted by molar-refractivity contribution is 0.180. The molecule has 0 bridgehead atoms. The molecule has 0 amide bonds. The summed E-state index contributed by atoms with van der Waals surface area (Å²) in [6.07, 6.45) is 4.84. The van der Waals surface area contributed by atoms with Crippen LogP contribution >= 0.6 is 15.9 Å². The number of hydrogen-bond acceptors (Lipinski definition) is 3. The van der Waals surface area contributed by atoms with E-state index in [4.69, 9.17) is 4.98 Å². The van der Waals surface area contributed by atoms with Gasteiger partial charge < -0.3 is 9.88 Å². The molecule has 1 aromatic heterocycles. The largest absolute Gasteiger partial charge is 0.331 e. The maximum atomic E-state index is 4.76. The standard InChI is InChI=1S/C14H23BrN4/c1-11(18-8-5-16-6-9-18)10-13-17-14(15)12-4-2-3-7-19(12)13/h11,16H,2-10H2,1H3. The average Bonchev–Trinajstić information content (AvgIpc) is 2.77. The smallest absolute Gasteiger partial charge is 0.127 e. The molecule has 1 fully saturated rings. The molecule has 1 aromatic rings. The van der Waals surface area contributed by atoms with E-state index in [1.165, 1.54) is 30.8 Å². The minimum atomic E-state index is 0.586. The number of nitrogens with zero attached hydrogens (tertiary/aromatic N) is 3. The molecule has 2 aliphatic rings. The molecule has 1 N–H and O–H groups in total. The molecule has 5 heteroatoms. The molecule has 0 aromatic carbocycles. The summed E-state index contributed by atoms with van der Waals surface area (Å²) in [7, 11) is 0. The van der Waals surface area contributed by atoms with Crippen LogP contribution in [-0.2, 0) is 19.4 Å². The zero-order valence-corrected chi connectivity index (χ0v) is 13.2. The van der Waals surface area contributed by atoms with Gasteiger partial charge in [-0.2, -0.15) is 0 Å². The van der Waals surface area contributed by atoms with Crippen molar-refractivity contribution in [2.75, 3.05) is 26.2 Å². The molecule has 1 atom stereocenters. The van der Waals surface area contributed by atoms with Crippen LogP contribution in [0, 0.1) is 0 Å². The zero-order chi connectivity index (χ0) is 13.2. The number of piperazine rings is 1. The lowest BCUT2D eigenvalue weighted by Gasteiger charge is -2.32. The zero-order valence-electron chi connectivity index (χ0n) is 11.7. The molecule has 1 unspecified atom stereocenters. The van der Waals surface area contributed by atoms with E-state index in [0.29, 0.717) is 6.04 Å². The first-order valence-corrected chi connectivity index (χ1v) is 8.23. The van der Waals surface area contributed by atoms with E-state index in [1.807, 2.05) is 0 Å². The Balaban J connectivity index is 1.72. The summed E-state index contributed by atoms with van der Waals surface area (Å²) in [4.78, 5) is 7.34. The first-order valence-electron chi connectivity index (χ1n) is 7.44. The number of fused-ring (bicyclic) bond motifs is 1. The van der Waals surface area contributed by atoms with Gasteiger partial charge in [0.15, 0.2) is 0 Å². The summed E-state index contributed by atoms with van der Waals surface area (Å²) in [6, 6.07) is 0.586. The molecule has 3 rings (SSSR count). The predicted octanol–water partition coefficient (Wildman–Crippen LogP) is 1.82. The summed E-state index contributed by atoms with van der Waals surface area (Å²) in [5.74, 6) is 1.27. The van der Waals surface area contributed by atoms with Gasteiger partial charge in [-0.1, -0.05) is 0 Å². The van der Waals surface area contributed by atoms with Crippen molar-refractivity contribution in [1.29, 1.82) is 0 Å². The van der Waals surface area contributed by atoms with Crippen molar-refractivity contribution in [2.24, 2.45) is 0 Å². The van der Waals surface area contributed by atoms with Gasteiger partial charge >= 0.3 is 0 Å². The fourth-order valence-corrected chi connectivity index (χ4v) is 3.86. The fraction of sp³-hybridized carbons (Fsp3) is 0.786. The molecule has 0 aliphatic carbocycles. The Kier molecular flexibility index (Phi) is 4.24. The first-order chi connectivity index (χ1) is 9.25. The predicted molar refractivity (Wildman–Crippen MR) is 80.5 cm³/mol. The van der Waals surface area contributed by atoms with Gasteiger partial charge in [-0.3, -0.25) is 4.90 Å². The average molecular weight is 327 g/mol. The molecule has 1 saturated heterocycles. The summed E-state index contributed by atoms with van der Waals surface area (Å²) in [5, 5.41) is 3.42. The summed E-state index contributed by atoms with van der Waals surface area (Å²) in [5.41, 5.74) is 1.41. The van der Waals surface area contributed by atoms with Gasteiger partial charge in [0.05, 0.1) is 5.69 Å². The third kappa shape index (κ3) is 2.88. The normalized spacial score (nSPS) is 22.2. The van der Waals surface area contributed by atoms with Crippen LogP contribution in [0.5, 0.6) is 0 Å². The van der Waals surface area contributed by atoms with Gasteiger partial charge in [0.1, 0.15) is 10.4 Å². The van der Waals surface area contributed by atoms with Crippen LogP contribution in [0.3, 0.4) is 0 Å². The second kappa shape index (κ2) is 5.94. The van der Waals surface area contributed by atoms with Crippen molar-refractivity contribution in [3.8, 4) is 0 Å². The highest BCUT2D eigenvalue weighted by atomic mass is 79.9. The van der Waals surface area contributed by atoms with Gasteiger partial charge in [-0.25, -0.2) is 4.98 Å². The van der Waals surface area contributed by atoms with Crippen LogP contribution in [0.4, 0.5) is 0 Å². The van der Waals surface area contributed by atoms with Gasteiger partial charge in [0, 0.05) is 45.2 Å². The Morgan fingerprint density at radius 1 is 1.26 bits per heavy atom. The van der Waals surface area contributed by atoms with Crippen LogP contribution in [0.25, 0.3) is 0 Å². The molecule has 2 aliphatic heterocycles. The molecule has 3 heterocycles. The van der Waals surface area contributed by atoms with Crippen molar-refractivity contribution in [3.05, 3.63) is 16.1 Å². The maximum absolute atomic E-state index is 4.76. The van der Waals surface area contributed by atoms with E-state index in [2.05, 4.69) is 37.6 Å². The fourth-order valence-electron chi connectivity index (χ4n) is 3.24. The first kappa shape index (κ1) is 13.6. The molecule has 4 nitrogen and oxygen atoms in total. The van der Waals surface area contributed by atoms with E-state index in [1.54, 1.807) is 0 Å². The second-order valence-electron chi connectivity index (χ2n) is 5.71. The molecule has 0 saturated carbocycles. The van der Waals surface area contributed by atoms with Crippen molar-refractivity contribution in [1.82, 2.24) is 19.8 Å². The van der Waals surface area contributed by atoms with Crippen molar-refractivity contribution in [2.45, 2.75) is 45.2 Å². The SMILES string of the molecule is CC(Cc1nc(Br)c2n1CCCC2)N1CCNCC1. The molecular formula is C14H23BrN4. The Morgan fingerprint density at radius 3 is 2.84 bits per heavy atom. The highest BCUT2D eigenvalue weighted by molar-refractivity contribution is 9.10. The van der Waals surface area contributed by atoms with E-state index in [0.717, 1.165) is 43.7 Å².